The van der Waals surface area contributed by atoms with Crippen LogP contribution in [0, 0.1) is 0 Å². The molecular weight excluding hydrogens is 254 g/mol. The summed E-state index contributed by atoms with van der Waals surface area (Å²) in [6.45, 7) is 10.7. The Labute approximate surface area is 117 Å². The van der Waals surface area contributed by atoms with Gasteiger partial charge in [-0.1, -0.05) is 19.6 Å². The van der Waals surface area contributed by atoms with Crippen molar-refractivity contribution in [2.24, 2.45) is 0 Å². The maximum absolute atomic E-state index is 5.44. The summed E-state index contributed by atoms with van der Waals surface area (Å²) in [7, 11) is 2.13. The van der Waals surface area contributed by atoms with Crippen LogP contribution in [-0.2, 0) is 6.42 Å². The second-order valence-electron chi connectivity index (χ2n) is 6.20. The molecule has 106 valence electrons. The Bertz CT molecular complexity index is 468. The zero-order valence-electron chi connectivity index (χ0n) is 12.9. The van der Waals surface area contributed by atoms with Crippen LogP contribution in [0.2, 0.25) is 19.6 Å². The van der Waals surface area contributed by atoms with Gasteiger partial charge in [-0.05, 0) is 43.1 Å². The number of benzene rings is 1. The topological polar surface area (TPSA) is 21.7 Å². The van der Waals surface area contributed by atoms with Crippen molar-refractivity contribution in [3.8, 4) is 11.5 Å². The molecule has 0 radical (unpaired) electrons. The molecule has 3 nitrogen and oxygen atoms in total. The summed E-state index contributed by atoms with van der Waals surface area (Å²) in [5.74, 6) is 1.68. The number of hydrogen-bond acceptors (Lipinski definition) is 3. The normalized spacial score (nSPS) is 20.0. The van der Waals surface area contributed by atoms with Crippen molar-refractivity contribution in [2.45, 2.75) is 39.0 Å². The Hall–Kier alpha value is -1.00. The van der Waals surface area contributed by atoms with Gasteiger partial charge in [-0.2, -0.15) is 0 Å². The Morgan fingerprint density at radius 2 is 1.68 bits per heavy atom. The highest BCUT2D eigenvalue weighted by molar-refractivity contribution is 6.73. The first kappa shape index (κ1) is 14.4. The Balaban J connectivity index is 2.43. The van der Waals surface area contributed by atoms with E-state index in [-0.39, 0.29) is 0 Å². The lowest BCUT2D eigenvalue weighted by Crippen LogP contribution is -2.50. The number of methoxy groups -OCH3 is 2. The molecule has 0 N–H and O–H groups in total. The molecular formula is C15H25NO2Si. The quantitative estimate of drug-likeness (QED) is 0.791. The molecule has 0 spiro atoms. The molecule has 0 amide bonds. The minimum absolute atomic E-state index is 0.468. The van der Waals surface area contributed by atoms with Gasteiger partial charge in [0.05, 0.1) is 14.2 Å². The predicted octanol–water partition coefficient (Wildman–Crippen LogP) is 3.46. The van der Waals surface area contributed by atoms with Crippen LogP contribution >= 0.6 is 0 Å². The van der Waals surface area contributed by atoms with Crippen molar-refractivity contribution in [1.82, 2.24) is 4.57 Å². The highest BCUT2D eigenvalue weighted by atomic mass is 28.3. The molecule has 4 heteroatoms. The van der Waals surface area contributed by atoms with Crippen molar-refractivity contribution in [3.63, 3.8) is 0 Å². The summed E-state index contributed by atoms with van der Waals surface area (Å²) in [4.78, 5) is 0. The lowest BCUT2D eigenvalue weighted by molar-refractivity contribution is 0.315. The highest BCUT2D eigenvalue weighted by Crippen LogP contribution is 2.39. The Kier molecular flexibility index (Phi) is 3.92. The van der Waals surface area contributed by atoms with Gasteiger partial charge in [0.15, 0.2) is 11.5 Å². The van der Waals surface area contributed by atoms with Crippen molar-refractivity contribution >= 4 is 8.24 Å². The molecule has 0 bridgehead atoms. The number of nitrogens with zero attached hydrogens (tertiary/aromatic N) is 1. The second-order valence-corrected chi connectivity index (χ2v) is 11.1. The van der Waals surface area contributed by atoms with E-state index in [1.807, 2.05) is 0 Å². The van der Waals surface area contributed by atoms with Crippen molar-refractivity contribution < 1.29 is 9.47 Å². The first-order valence-corrected chi connectivity index (χ1v) is 10.3. The SMILES string of the molecule is COc1cc2c(cc1OC)[C@@H](C)N([Si](C)(C)C)CC2. The van der Waals surface area contributed by atoms with Gasteiger partial charge in [0.1, 0.15) is 8.24 Å². The van der Waals surface area contributed by atoms with Crippen molar-refractivity contribution in [1.29, 1.82) is 0 Å². The molecule has 19 heavy (non-hydrogen) atoms. The Morgan fingerprint density at radius 1 is 1.11 bits per heavy atom. The molecule has 0 aromatic heterocycles. The lowest BCUT2D eigenvalue weighted by Gasteiger charge is -2.43. The van der Waals surface area contributed by atoms with Gasteiger partial charge in [0.25, 0.3) is 0 Å². The summed E-state index contributed by atoms with van der Waals surface area (Å²) < 4.78 is 13.5. The summed E-state index contributed by atoms with van der Waals surface area (Å²) >= 11 is 0. The van der Waals surface area contributed by atoms with E-state index in [1.54, 1.807) is 14.2 Å². The fraction of sp³-hybridized carbons (Fsp3) is 0.600. The largest absolute Gasteiger partial charge is 0.493 e. The highest BCUT2D eigenvalue weighted by Gasteiger charge is 2.33. The van der Waals surface area contributed by atoms with E-state index in [2.05, 4.69) is 43.3 Å². The smallest absolute Gasteiger partial charge is 0.161 e. The van der Waals surface area contributed by atoms with Crippen LogP contribution in [0.15, 0.2) is 12.1 Å². The first-order valence-electron chi connectivity index (χ1n) is 6.90. The maximum atomic E-state index is 5.44. The van der Waals surface area contributed by atoms with Crippen LogP contribution in [0.25, 0.3) is 0 Å². The summed E-state index contributed by atoms with van der Waals surface area (Å²) in [6, 6.07) is 4.77. The maximum Gasteiger partial charge on any atom is 0.161 e. The van der Waals surface area contributed by atoms with Crippen LogP contribution < -0.4 is 9.47 Å². The molecule has 1 heterocycles. The molecule has 1 atom stereocenters. The van der Waals surface area contributed by atoms with Crippen LogP contribution in [-0.4, -0.2) is 33.6 Å². The van der Waals surface area contributed by atoms with E-state index in [9.17, 15) is 0 Å². The molecule has 0 aliphatic carbocycles. The van der Waals surface area contributed by atoms with E-state index < -0.39 is 8.24 Å². The molecule has 0 saturated carbocycles. The second kappa shape index (κ2) is 5.17. The number of rotatable bonds is 3. The standard InChI is InChI=1S/C15H25NO2Si/c1-11-13-10-15(18-3)14(17-2)9-12(13)7-8-16(11)19(4,5)6/h9-11H,7-8H2,1-6H3/t11-/m1/s1. The van der Waals surface area contributed by atoms with Gasteiger partial charge in [-0.3, -0.25) is 0 Å². The molecule has 1 aromatic rings. The van der Waals surface area contributed by atoms with Crippen LogP contribution in [0.4, 0.5) is 0 Å². The van der Waals surface area contributed by atoms with Gasteiger partial charge in [-0.25, -0.2) is 0 Å². The average Bonchev–Trinajstić information content (AvgIpc) is 2.36. The third-order valence-electron chi connectivity index (χ3n) is 4.05. The van der Waals surface area contributed by atoms with E-state index in [0.717, 1.165) is 24.5 Å². The fourth-order valence-corrected chi connectivity index (χ4v) is 5.14. The first-order chi connectivity index (χ1) is 8.88. The molecule has 1 aliphatic heterocycles. The molecule has 0 fully saturated rings. The number of hydrogen-bond donors (Lipinski definition) is 0. The van der Waals surface area contributed by atoms with Gasteiger partial charge < -0.3 is 14.0 Å². The lowest BCUT2D eigenvalue weighted by atomic mass is 9.94. The van der Waals surface area contributed by atoms with Crippen LogP contribution in [0.3, 0.4) is 0 Å². The molecule has 0 saturated heterocycles. The zero-order chi connectivity index (χ0) is 14.2. The van der Waals surface area contributed by atoms with Crippen LogP contribution in [0.5, 0.6) is 11.5 Å². The van der Waals surface area contributed by atoms with Gasteiger partial charge in [-0.15, -0.1) is 0 Å². The minimum Gasteiger partial charge on any atom is -0.493 e. The summed E-state index contributed by atoms with van der Waals surface area (Å²) in [5.41, 5.74) is 2.80. The molecule has 1 aromatic carbocycles. The zero-order valence-corrected chi connectivity index (χ0v) is 13.9. The fourth-order valence-electron chi connectivity index (χ4n) is 3.06. The van der Waals surface area contributed by atoms with Crippen molar-refractivity contribution in [3.05, 3.63) is 23.3 Å². The number of fused-ring (bicyclic) bond motifs is 1. The van der Waals surface area contributed by atoms with E-state index in [1.165, 1.54) is 11.1 Å². The Morgan fingerprint density at radius 3 is 2.21 bits per heavy atom. The molecule has 0 unspecified atom stereocenters. The van der Waals surface area contributed by atoms with Gasteiger partial charge in [0, 0.05) is 6.04 Å². The van der Waals surface area contributed by atoms with Crippen molar-refractivity contribution in [2.75, 3.05) is 20.8 Å². The van der Waals surface area contributed by atoms with E-state index >= 15 is 0 Å². The monoisotopic (exact) mass is 279 g/mol. The summed E-state index contributed by atoms with van der Waals surface area (Å²) in [6.07, 6.45) is 1.10. The van der Waals surface area contributed by atoms with E-state index in [0.29, 0.717) is 6.04 Å². The third-order valence-corrected chi connectivity index (χ3v) is 6.38. The predicted molar refractivity (Wildman–Crippen MR) is 81.7 cm³/mol. The minimum atomic E-state index is -1.28. The van der Waals surface area contributed by atoms with Crippen LogP contribution in [0.1, 0.15) is 24.1 Å². The average molecular weight is 279 g/mol. The van der Waals surface area contributed by atoms with E-state index in [4.69, 9.17) is 9.47 Å². The third kappa shape index (κ3) is 2.65. The molecule has 1 aliphatic rings. The molecule has 2 rings (SSSR count). The van der Waals surface area contributed by atoms with Gasteiger partial charge in [0.2, 0.25) is 0 Å². The van der Waals surface area contributed by atoms with Gasteiger partial charge >= 0.3 is 0 Å². The summed E-state index contributed by atoms with van der Waals surface area (Å²) in [5, 5.41) is 0. The number of ether oxygens (including phenoxy) is 2.